The van der Waals surface area contributed by atoms with Gasteiger partial charge in [-0.3, -0.25) is 4.79 Å². The highest BCUT2D eigenvalue weighted by Gasteiger charge is 2.14. The molecule has 3 rings (SSSR count). The molecule has 0 bridgehead atoms. The second kappa shape index (κ2) is 7.51. The molecule has 0 aliphatic heterocycles. The summed E-state index contributed by atoms with van der Waals surface area (Å²) < 4.78 is 0. The molecule has 1 aromatic heterocycles. The van der Waals surface area contributed by atoms with Crippen LogP contribution in [0.4, 0.5) is 0 Å². The van der Waals surface area contributed by atoms with Gasteiger partial charge in [-0.05, 0) is 49.9 Å². The van der Waals surface area contributed by atoms with Crippen LogP contribution in [0.5, 0.6) is 0 Å². The maximum Gasteiger partial charge on any atom is 0.251 e. The van der Waals surface area contributed by atoms with Crippen molar-refractivity contribution in [3.63, 3.8) is 0 Å². The summed E-state index contributed by atoms with van der Waals surface area (Å²) in [5.41, 5.74) is 4.81. The Morgan fingerprint density at radius 1 is 1.24 bits per heavy atom. The maximum atomic E-state index is 12.6. The Hall–Kier alpha value is -2.62. The van der Waals surface area contributed by atoms with Gasteiger partial charge in [-0.1, -0.05) is 37.3 Å². The van der Waals surface area contributed by atoms with Crippen LogP contribution in [0, 0.1) is 6.92 Å². The quantitative estimate of drug-likeness (QED) is 0.710. The van der Waals surface area contributed by atoms with Crippen molar-refractivity contribution in [1.82, 2.24) is 15.3 Å². The highest BCUT2D eigenvalue weighted by molar-refractivity contribution is 5.98. The molecule has 4 nitrogen and oxygen atoms in total. The summed E-state index contributed by atoms with van der Waals surface area (Å²) in [5, 5.41) is 3.10. The SMILES string of the molecule is CCCc1nc2c(C)cc(C(=O)N[C@H](C)Cc3ccccc3)cc2[nH]1. The average Bonchev–Trinajstić information content (AvgIpc) is 2.99. The first-order valence-electron chi connectivity index (χ1n) is 8.91. The minimum Gasteiger partial charge on any atom is -0.349 e. The van der Waals surface area contributed by atoms with Gasteiger partial charge in [-0.25, -0.2) is 4.98 Å². The van der Waals surface area contributed by atoms with E-state index in [-0.39, 0.29) is 11.9 Å². The zero-order valence-corrected chi connectivity index (χ0v) is 15.1. The zero-order valence-electron chi connectivity index (χ0n) is 15.1. The summed E-state index contributed by atoms with van der Waals surface area (Å²) in [6.45, 7) is 6.17. The fourth-order valence-corrected chi connectivity index (χ4v) is 3.15. The van der Waals surface area contributed by atoms with E-state index in [9.17, 15) is 4.79 Å². The molecule has 4 heteroatoms. The topological polar surface area (TPSA) is 57.8 Å². The lowest BCUT2D eigenvalue weighted by Crippen LogP contribution is -2.34. The highest BCUT2D eigenvalue weighted by atomic mass is 16.1. The molecule has 3 aromatic rings. The van der Waals surface area contributed by atoms with E-state index in [4.69, 9.17) is 0 Å². The van der Waals surface area contributed by atoms with Gasteiger partial charge in [0, 0.05) is 18.0 Å². The van der Waals surface area contributed by atoms with Crippen LogP contribution in [0.2, 0.25) is 0 Å². The van der Waals surface area contributed by atoms with Crippen molar-refractivity contribution in [2.45, 2.75) is 46.1 Å². The molecule has 0 unspecified atom stereocenters. The number of amides is 1. The molecule has 0 spiro atoms. The van der Waals surface area contributed by atoms with Crippen LogP contribution in [0.15, 0.2) is 42.5 Å². The molecule has 0 aliphatic carbocycles. The number of aromatic amines is 1. The Kier molecular flexibility index (Phi) is 5.17. The molecular weight excluding hydrogens is 310 g/mol. The largest absolute Gasteiger partial charge is 0.349 e. The number of nitrogens with one attached hydrogen (secondary N) is 2. The number of benzene rings is 2. The van der Waals surface area contributed by atoms with Gasteiger partial charge >= 0.3 is 0 Å². The molecule has 1 atom stereocenters. The third-order valence-corrected chi connectivity index (χ3v) is 4.34. The second-order valence-electron chi connectivity index (χ2n) is 6.69. The lowest BCUT2D eigenvalue weighted by Gasteiger charge is -2.14. The van der Waals surface area contributed by atoms with E-state index in [1.54, 1.807) is 0 Å². The molecule has 1 heterocycles. The fraction of sp³-hybridized carbons (Fsp3) is 0.333. The van der Waals surface area contributed by atoms with Gasteiger partial charge in [0.25, 0.3) is 5.91 Å². The van der Waals surface area contributed by atoms with E-state index in [0.29, 0.717) is 5.56 Å². The number of carbonyl (C=O) groups is 1. The third kappa shape index (κ3) is 4.08. The second-order valence-corrected chi connectivity index (χ2v) is 6.69. The molecule has 1 amide bonds. The van der Waals surface area contributed by atoms with Crippen molar-refractivity contribution in [2.24, 2.45) is 0 Å². The smallest absolute Gasteiger partial charge is 0.251 e. The lowest BCUT2D eigenvalue weighted by molar-refractivity contribution is 0.0940. The lowest BCUT2D eigenvalue weighted by atomic mass is 10.1. The molecule has 25 heavy (non-hydrogen) atoms. The Balaban J connectivity index is 1.75. The molecule has 0 fully saturated rings. The number of imidazole rings is 1. The first-order valence-corrected chi connectivity index (χ1v) is 8.91. The summed E-state index contributed by atoms with van der Waals surface area (Å²) in [6.07, 6.45) is 2.78. The van der Waals surface area contributed by atoms with E-state index in [2.05, 4.69) is 34.3 Å². The molecule has 0 radical (unpaired) electrons. The van der Waals surface area contributed by atoms with Crippen molar-refractivity contribution < 1.29 is 4.79 Å². The minimum atomic E-state index is -0.0416. The number of rotatable bonds is 6. The number of hydrogen-bond acceptors (Lipinski definition) is 2. The number of fused-ring (bicyclic) bond motifs is 1. The van der Waals surface area contributed by atoms with Crippen molar-refractivity contribution in [3.8, 4) is 0 Å². The Bertz CT molecular complexity index is 867. The number of aromatic nitrogens is 2. The maximum absolute atomic E-state index is 12.6. The average molecular weight is 335 g/mol. The van der Waals surface area contributed by atoms with E-state index in [0.717, 1.165) is 41.7 Å². The Morgan fingerprint density at radius 2 is 2.00 bits per heavy atom. The fourth-order valence-electron chi connectivity index (χ4n) is 3.15. The standard InChI is InChI=1S/C21H25N3O/c1-4-8-19-23-18-13-17(11-14(2)20(18)24-19)21(25)22-15(3)12-16-9-6-5-7-10-16/h5-7,9-11,13,15H,4,8,12H2,1-3H3,(H,22,25)(H,23,24)/t15-/m1/s1. The Labute approximate surface area is 148 Å². The van der Waals surface area contributed by atoms with Gasteiger partial charge < -0.3 is 10.3 Å². The molecular formula is C21H25N3O. The van der Waals surface area contributed by atoms with Crippen LogP contribution in [-0.2, 0) is 12.8 Å². The van der Waals surface area contributed by atoms with Crippen LogP contribution in [0.25, 0.3) is 11.0 Å². The van der Waals surface area contributed by atoms with Gasteiger partial charge in [0.1, 0.15) is 5.82 Å². The number of aryl methyl sites for hydroxylation is 2. The summed E-state index contributed by atoms with van der Waals surface area (Å²) in [4.78, 5) is 20.6. The van der Waals surface area contributed by atoms with Crippen molar-refractivity contribution in [3.05, 3.63) is 65.0 Å². The van der Waals surface area contributed by atoms with Gasteiger partial charge in [-0.2, -0.15) is 0 Å². The highest BCUT2D eigenvalue weighted by Crippen LogP contribution is 2.19. The Morgan fingerprint density at radius 3 is 2.72 bits per heavy atom. The van der Waals surface area contributed by atoms with Crippen LogP contribution in [0.1, 0.15) is 47.6 Å². The van der Waals surface area contributed by atoms with E-state index in [1.807, 2.05) is 44.2 Å². The summed E-state index contributed by atoms with van der Waals surface area (Å²) in [6, 6.07) is 14.1. The van der Waals surface area contributed by atoms with Crippen LogP contribution < -0.4 is 5.32 Å². The molecule has 0 saturated heterocycles. The van der Waals surface area contributed by atoms with Gasteiger partial charge in [0.2, 0.25) is 0 Å². The van der Waals surface area contributed by atoms with Crippen molar-refractivity contribution >= 4 is 16.9 Å². The molecule has 0 saturated carbocycles. The van der Waals surface area contributed by atoms with E-state index >= 15 is 0 Å². The predicted molar refractivity (Wildman–Crippen MR) is 102 cm³/mol. The van der Waals surface area contributed by atoms with Crippen LogP contribution in [-0.4, -0.2) is 21.9 Å². The zero-order chi connectivity index (χ0) is 17.8. The van der Waals surface area contributed by atoms with Crippen molar-refractivity contribution in [1.29, 1.82) is 0 Å². The van der Waals surface area contributed by atoms with Crippen molar-refractivity contribution in [2.75, 3.05) is 0 Å². The minimum absolute atomic E-state index is 0.0416. The summed E-state index contributed by atoms with van der Waals surface area (Å²) >= 11 is 0. The normalized spacial score (nSPS) is 12.3. The number of carbonyl (C=O) groups excluding carboxylic acids is 1. The van der Waals surface area contributed by atoms with Gasteiger partial charge in [0.15, 0.2) is 0 Å². The third-order valence-electron chi connectivity index (χ3n) is 4.34. The summed E-state index contributed by atoms with van der Waals surface area (Å²) in [7, 11) is 0. The first-order chi connectivity index (χ1) is 12.1. The molecule has 2 aromatic carbocycles. The number of nitrogens with zero attached hydrogens (tertiary/aromatic N) is 1. The van der Waals surface area contributed by atoms with Gasteiger partial charge in [-0.15, -0.1) is 0 Å². The molecule has 2 N–H and O–H groups in total. The van der Waals surface area contributed by atoms with E-state index in [1.165, 1.54) is 5.56 Å². The van der Waals surface area contributed by atoms with Crippen LogP contribution >= 0.6 is 0 Å². The molecule has 130 valence electrons. The van der Waals surface area contributed by atoms with Gasteiger partial charge in [0.05, 0.1) is 11.0 Å². The monoisotopic (exact) mass is 335 g/mol. The number of hydrogen-bond donors (Lipinski definition) is 2. The first kappa shape index (κ1) is 17.2. The summed E-state index contributed by atoms with van der Waals surface area (Å²) in [5.74, 6) is 0.940. The van der Waals surface area contributed by atoms with Crippen LogP contribution in [0.3, 0.4) is 0 Å². The number of H-pyrrole nitrogens is 1. The van der Waals surface area contributed by atoms with E-state index < -0.39 is 0 Å². The predicted octanol–water partition coefficient (Wildman–Crippen LogP) is 4.18. The molecule has 0 aliphatic rings.